The molecule has 156 valence electrons. The van der Waals surface area contributed by atoms with E-state index in [4.69, 9.17) is 0 Å². The largest absolute Gasteiger partial charge is 0.346 e. The fourth-order valence-corrected chi connectivity index (χ4v) is 3.67. The Balaban J connectivity index is 1.64. The number of aromatic nitrogens is 4. The molecule has 0 aliphatic heterocycles. The molecule has 1 amide bonds. The minimum Gasteiger partial charge on any atom is -0.346 e. The number of hydrogen-bond donors (Lipinski definition) is 1. The number of thioether (sulfide) groups is 1. The van der Waals surface area contributed by atoms with Crippen LogP contribution in [0.1, 0.15) is 28.5 Å². The topological polar surface area (TPSA) is 72.7 Å². The van der Waals surface area contributed by atoms with Crippen LogP contribution in [0.4, 0.5) is 0 Å². The Labute approximate surface area is 185 Å². The molecule has 4 aromatic rings. The smallest absolute Gasteiger partial charge is 0.274 e. The normalized spacial score (nSPS) is 10.8. The Bertz CT molecular complexity index is 1160. The van der Waals surface area contributed by atoms with Crippen LogP contribution in [0.5, 0.6) is 0 Å². The van der Waals surface area contributed by atoms with E-state index in [1.54, 1.807) is 28.8 Å². The predicted octanol–water partition coefficient (Wildman–Crippen LogP) is 4.54. The average molecular weight is 430 g/mol. The van der Waals surface area contributed by atoms with E-state index in [9.17, 15) is 4.79 Å². The molecule has 0 aliphatic rings. The second-order valence-corrected chi connectivity index (χ2v) is 7.86. The van der Waals surface area contributed by atoms with Gasteiger partial charge in [0.15, 0.2) is 5.69 Å². The highest BCUT2D eigenvalue weighted by Crippen LogP contribution is 2.25. The maximum atomic E-state index is 13.0. The van der Waals surface area contributed by atoms with Crippen LogP contribution < -0.4 is 5.32 Å². The van der Waals surface area contributed by atoms with Crippen molar-refractivity contribution in [1.82, 2.24) is 25.3 Å². The number of rotatable bonds is 7. The fourth-order valence-electron chi connectivity index (χ4n) is 3.27. The van der Waals surface area contributed by atoms with Crippen LogP contribution >= 0.6 is 11.8 Å². The molecule has 2 heterocycles. The van der Waals surface area contributed by atoms with Gasteiger partial charge in [-0.25, -0.2) is 4.68 Å². The van der Waals surface area contributed by atoms with Gasteiger partial charge in [-0.05, 0) is 60.2 Å². The molecular weight excluding hydrogens is 406 g/mol. The Hall–Kier alpha value is -3.45. The number of carbonyl (C=O) groups excluding carboxylic acids is 1. The molecular formula is C24H23N5OS. The minimum atomic E-state index is -0.266. The van der Waals surface area contributed by atoms with Gasteiger partial charge in [0.05, 0.1) is 5.69 Å². The van der Waals surface area contributed by atoms with Crippen molar-refractivity contribution in [3.8, 4) is 16.9 Å². The predicted molar refractivity (Wildman–Crippen MR) is 123 cm³/mol. The second-order valence-electron chi connectivity index (χ2n) is 6.99. The van der Waals surface area contributed by atoms with E-state index in [0.29, 0.717) is 12.2 Å². The highest BCUT2D eigenvalue weighted by Gasteiger charge is 2.22. The summed E-state index contributed by atoms with van der Waals surface area (Å²) in [6, 6.07) is 19.9. The van der Waals surface area contributed by atoms with Crippen LogP contribution in [-0.4, -0.2) is 32.1 Å². The van der Waals surface area contributed by atoms with Crippen molar-refractivity contribution in [3.63, 3.8) is 0 Å². The van der Waals surface area contributed by atoms with Crippen molar-refractivity contribution in [3.05, 3.63) is 89.9 Å². The molecule has 4 rings (SSSR count). The third-order valence-corrected chi connectivity index (χ3v) is 5.78. The summed E-state index contributed by atoms with van der Waals surface area (Å²) in [5.41, 5.74) is 4.87. The number of amides is 1. The third kappa shape index (κ3) is 4.67. The zero-order chi connectivity index (χ0) is 21.6. The molecule has 0 unspecified atom stereocenters. The zero-order valence-corrected chi connectivity index (χ0v) is 18.3. The van der Waals surface area contributed by atoms with Gasteiger partial charge >= 0.3 is 0 Å². The number of aryl methyl sites for hydroxylation is 1. The molecule has 6 nitrogen and oxygen atoms in total. The highest BCUT2D eigenvalue weighted by atomic mass is 32.2. The van der Waals surface area contributed by atoms with Gasteiger partial charge in [0.25, 0.3) is 5.91 Å². The van der Waals surface area contributed by atoms with E-state index in [-0.39, 0.29) is 11.6 Å². The van der Waals surface area contributed by atoms with Crippen molar-refractivity contribution in [2.45, 2.75) is 24.8 Å². The summed E-state index contributed by atoms with van der Waals surface area (Å²) in [7, 11) is 0. The molecule has 7 heteroatoms. The minimum absolute atomic E-state index is 0.266. The van der Waals surface area contributed by atoms with Crippen LogP contribution in [0.25, 0.3) is 16.9 Å². The molecule has 0 spiro atoms. The Kier molecular flexibility index (Phi) is 6.43. The molecule has 0 fully saturated rings. The first-order chi connectivity index (χ1) is 15.2. The van der Waals surface area contributed by atoms with Gasteiger partial charge in [-0.3, -0.25) is 9.78 Å². The standard InChI is InChI=1S/C24H23N5OS/c1-3-17-4-8-20(9-5-17)29-23(19-12-14-25-15-13-19)22(27-28-29)24(30)26-16-18-6-10-21(31-2)11-7-18/h4-15H,3,16H2,1-2H3,(H,26,30). The summed E-state index contributed by atoms with van der Waals surface area (Å²) in [6.07, 6.45) is 6.39. The highest BCUT2D eigenvalue weighted by molar-refractivity contribution is 7.98. The van der Waals surface area contributed by atoms with Gasteiger partial charge in [0, 0.05) is 29.4 Å². The number of pyridine rings is 1. The van der Waals surface area contributed by atoms with Gasteiger partial charge in [-0.15, -0.1) is 16.9 Å². The van der Waals surface area contributed by atoms with Crippen molar-refractivity contribution >= 4 is 17.7 Å². The van der Waals surface area contributed by atoms with Gasteiger partial charge < -0.3 is 5.32 Å². The maximum Gasteiger partial charge on any atom is 0.274 e. The molecule has 0 saturated carbocycles. The molecule has 0 saturated heterocycles. The lowest BCUT2D eigenvalue weighted by molar-refractivity contribution is 0.0946. The summed E-state index contributed by atoms with van der Waals surface area (Å²) in [5.74, 6) is -0.266. The number of carbonyl (C=O) groups is 1. The summed E-state index contributed by atoms with van der Waals surface area (Å²) >= 11 is 1.69. The summed E-state index contributed by atoms with van der Waals surface area (Å²) in [4.78, 5) is 18.3. The maximum absolute atomic E-state index is 13.0. The van der Waals surface area contributed by atoms with Crippen molar-refractivity contribution in [2.75, 3.05) is 6.26 Å². The first-order valence-corrected chi connectivity index (χ1v) is 11.3. The van der Waals surface area contributed by atoms with Crippen molar-refractivity contribution in [2.24, 2.45) is 0 Å². The van der Waals surface area contributed by atoms with E-state index in [2.05, 4.69) is 39.7 Å². The molecule has 2 aromatic carbocycles. The van der Waals surface area contributed by atoms with Gasteiger partial charge in [0.1, 0.15) is 5.69 Å². The van der Waals surface area contributed by atoms with Crippen molar-refractivity contribution in [1.29, 1.82) is 0 Å². The molecule has 2 aromatic heterocycles. The molecule has 31 heavy (non-hydrogen) atoms. The van der Waals surface area contributed by atoms with Gasteiger partial charge in [-0.1, -0.05) is 36.4 Å². The van der Waals surface area contributed by atoms with E-state index in [0.717, 1.165) is 23.2 Å². The average Bonchev–Trinajstić information content (AvgIpc) is 3.29. The van der Waals surface area contributed by atoms with Crippen LogP contribution in [0.3, 0.4) is 0 Å². The molecule has 0 radical (unpaired) electrons. The third-order valence-electron chi connectivity index (χ3n) is 5.04. The van der Waals surface area contributed by atoms with Gasteiger partial charge in [-0.2, -0.15) is 0 Å². The lowest BCUT2D eigenvalue weighted by atomic mass is 10.1. The number of nitrogens with zero attached hydrogens (tertiary/aromatic N) is 4. The fraction of sp³-hybridized carbons (Fsp3) is 0.167. The van der Waals surface area contributed by atoms with E-state index in [1.807, 2.05) is 54.8 Å². The van der Waals surface area contributed by atoms with Crippen molar-refractivity contribution < 1.29 is 4.79 Å². The monoisotopic (exact) mass is 429 g/mol. The molecule has 0 bridgehead atoms. The van der Waals surface area contributed by atoms with Crippen LogP contribution in [-0.2, 0) is 13.0 Å². The molecule has 0 atom stereocenters. The first-order valence-electron chi connectivity index (χ1n) is 10.1. The quantitative estimate of drug-likeness (QED) is 0.437. The zero-order valence-electron chi connectivity index (χ0n) is 17.4. The van der Waals surface area contributed by atoms with E-state index >= 15 is 0 Å². The number of nitrogens with one attached hydrogen (secondary N) is 1. The Morgan fingerprint density at radius 2 is 1.65 bits per heavy atom. The first kappa shape index (κ1) is 20.8. The van der Waals surface area contributed by atoms with Crippen LogP contribution in [0, 0.1) is 0 Å². The lowest BCUT2D eigenvalue weighted by Crippen LogP contribution is -2.24. The Morgan fingerprint density at radius 3 is 2.29 bits per heavy atom. The summed E-state index contributed by atoms with van der Waals surface area (Å²) < 4.78 is 1.71. The van der Waals surface area contributed by atoms with Crippen LogP contribution in [0.2, 0.25) is 0 Å². The SMILES string of the molecule is CCc1ccc(-n2nnc(C(=O)NCc3ccc(SC)cc3)c2-c2ccncc2)cc1. The number of hydrogen-bond acceptors (Lipinski definition) is 5. The molecule has 0 aliphatic carbocycles. The second kappa shape index (κ2) is 9.57. The van der Waals surface area contributed by atoms with Gasteiger partial charge in [0.2, 0.25) is 0 Å². The Morgan fingerprint density at radius 1 is 0.968 bits per heavy atom. The summed E-state index contributed by atoms with van der Waals surface area (Å²) in [5, 5.41) is 11.5. The molecule has 1 N–H and O–H groups in total. The lowest BCUT2D eigenvalue weighted by Gasteiger charge is -2.09. The van der Waals surface area contributed by atoms with E-state index in [1.165, 1.54) is 10.5 Å². The van der Waals surface area contributed by atoms with E-state index < -0.39 is 0 Å². The summed E-state index contributed by atoms with van der Waals surface area (Å²) in [6.45, 7) is 2.53. The number of benzene rings is 2. The van der Waals surface area contributed by atoms with Crippen LogP contribution in [0.15, 0.2) is 78.0 Å².